The molecule has 2 heterocycles. The SMILES string of the molecule is CC.CC.Cc1nn(CC2COC2)c2cc(Br)cc(F)c12. The van der Waals surface area contributed by atoms with Crippen LogP contribution in [0.25, 0.3) is 10.9 Å². The van der Waals surface area contributed by atoms with Gasteiger partial charge in [-0.05, 0) is 19.1 Å². The largest absolute Gasteiger partial charge is 0.381 e. The van der Waals surface area contributed by atoms with Crippen LogP contribution in [0.15, 0.2) is 16.6 Å². The summed E-state index contributed by atoms with van der Waals surface area (Å²) in [6.45, 7) is 12.2. The van der Waals surface area contributed by atoms with E-state index >= 15 is 0 Å². The molecule has 0 amide bonds. The highest BCUT2D eigenvalue weighted by molar-refractivity contribution is 9.10. The Morgan fingerprint density at radius 1 is 1.29 bits per heavy atom. The van der Waals surface area contributed by atoms with Crippen LogP contribution in [0.2, 0.25) is 0 Å². The van der Waals surface area contributed by atoms with Crippen molar-refractivity contribution in [3.8, 4) is 0 Å². The molecule has 0 aliphatic carbocycles. The van der Waals surface area contributed by atoms with Crippen molar-refractivity contribution in [3.63, 3.8) is 0 Å². The van der Waals surface area contributed by atoms with Crippen molar-refractivity contribution in [1.29, 1.82) is 0 Å². The number of fused-ring (bicyclic) bond motifs is 1. The summed E-state index contributed by atoms with van der Waals surface area (Å²) in [7, 11) is 0. The zero-order valence-corrected chi connectivity index (χ0v) is 15.0. The van der Waals surface area contributed by atoms with Gasteiger partial charge in [-0.15, -0.1) is 0 Å². The van der Waals surface area contributed by atoms with Crippen molar-refractivity contribution >= 4 is 26.8 Å². The van der Waals surface area contributed by atoms with Gasteiger partial charge in [0.25, 0.3) is 0 Å². The normalized spacial score (nSPS) is 13.9. The smallest absolute Gasteiger partial charge is 0.135 e. The van der Waals surface area contributed by atoms with Crippen LogP contribution in [0, 0.1) is 18.7 Å². The first-order chi connectivity index (χ1) is 10.1. The summed E-state index contributed by atoms with van der Waals surface area (Å²) in [5, 5.41) is 5.03. The van der Waals surface area contributed by atoms with Crippen molar-refractivity contribution in [3.05, 3.63) is 28.1 Å². The summed E-state index contributed by atoms with van der Waals surface area (Å²) in [5.41, 5.74) is 1.59. The van der Waals surface area contributed by atoms with Crippen LogP contribution in [0.5, 0.6) is 0 Å². The third-order valence-corrected chi connectivity index (χ3v) is 3.54. The number of hydrogen-bond donors (Lipinski definition) is 0. The molecule has 21 heavy (non-hydrogen) atoms. The topological polar surface area (TPSA) is 27.1 Å². The lowest BCUT2D eigenvalue weighted by Crippen LogP contribution is -2.31. The average Bonchev–Trinajstić information content (AvgIpc) is 2.75. The van der Waals surface area contributed by atoms with Gasteiger partial charge in [-0.25, -0.2) is 4.39 Å². The first kappa shape index (κ1) is 18.1. The second-order valence-corrected chi connectivity index (χ2v) is 5.37. The van der Waals surface area contributed by atoms with Gasteiger partial charge in [-0.3, -0.25) is 4.68 Å². The van der Waals surface area contributed by atoms with E-state index in [1.165, 1.54) is 6.07 Å². The fraction of sp³-hybridized carbons (Fsp3) is 0.562. The Hall–Kier alpha value is -0.940. The van der Waals surface area contributed by atoms with Gasteiger partial charge in [-0.1, -0.05) is 43.6 Å². The maximum Gasteiger partial charge on any atom is 0.135 e. The van der Waals surface area contributed by atoms with Crippen LogP contribution in [0.4, 0.5) is 4.39 Å². The molecule has 1 aromatic carbocycles. The molecule has 0 N–H and O–H groups in total. The maximum atomic E-state index is 13.8. The highest BCUT2D eigenvalue weighted by atomic mass is 79.9. The monoisotopic (exact) mass is 358 g/mol. The number of aromatic nitrogens is 2. The average molecular weight is 359 g/mol. The van der Waals surface area contributed by atoms with Crippen molar-refractivity contribution in [2.75, 3.05) is 13.2 Å². The van der Waals surface area contributed by atoms with E-state index in [-0.39, 0.29) is 5.82 Å². The van der Waals surface area contributed by atoms with Crippen LogP contribution in [0.3, 0.4) is 0 Å². The Bertz CT molecular complexity index is 579. The zero-order chi connectivity index (χ0) is 16.0. The fourth-order valence-corrected chi connectivity index (χ4v) is 2.60. The first-order valence-corrected chi connectivity index (χ1v) is 8.34. The molecule has 1 saturated heterocycles. The van der Waals surface area contributed by atoms with Crippen molar-refractivity contribution in [2.24, 2.45) is 5.92 Å². The Labute approximate surface area is 134 Å². The fourth-order valence-electron chi connectivity index (χ4n) is 2.18. The number of halogens is 2. The van der Waals surface area contributed by atoms with Gasteiger partial charge < -0.3 is 4.74 Å². The van der Waals surface area contributed by atoms with Crippen molar-refractivity contribution in [1.82, 2.24) is 9.78 Å². The maximum absolute atomic E-state index is 13.8. The molecule has 1 aromatic heterocycles. The molecule has 0 saturated carbocycles. The van der Waals surface area contributed by atoms with Crippen LogP contribution in [-0.2, 0) is 11.3 Å². The molecular weight excluding hydrogens is 335 g/mol. The number of rotatable bonds is 2. The number of benzene rings is 1. The molecule has 1 fully saturated rings. The molecule has 0 radical (unpaired) electrons. The Morgan fingerprint density at radius 3 is 2.43 bits per heavy atom. The minimum absolute atomic E-state index is 0.219. The predicted octanol–water partition coefficient (Wildman–Crippen LogP) is 4.95. The van der Waals surface area contributed by atoms with Crippen LogP contribution in [0.1, 0.15) is 33.4 Å². The summed E-state index contributed by atoms with van der Waals surface area (Å²) in [6, 6.07) is 3.39. The molecule has 3 nitrogen and oxygen atoms in total. The van der Waals surface area contributed by atoms with E-state index in [0.29, 0.717) is 11.3 Å². The molecule has 1 aliphatic heterocycles. The molecule has 118 valence electrons. The van der Waals surface area contributed by atoms with Crippen molar-refractivity contribution < 1.29 is 9.13 Å². The second-order valence-electron chi connectivity index (χ2n) is 4.45. The van der Waals surface area contributed by atoms with Crippen LogP contribution in [-0.4, -0.2) is 23.0 Å². The standard InChI is InChI=1S/C12H12BrFN2O.2C2H6/c1-7-12-10(14)2-9(13)3-11(12)16(15-7)4-8-5-17-6-8;2*1-2/h2-3,8H,4-6H2,1H3;2*1-2H3. The summed E-state index contributed by atoms with van der Waals surface area (Å²) < 4.78 is 21.6. The number of ether oxygens (including phenoxy) is 1. The van der Waals surface area contributed by atoms with Gasteiger partial charge in [0.2, 0.25) is 0 Å². The quantitative estimate of drug-likeness (QED) is 0.759. The second kappa shape index (κ2) is 8.49. The summed E-state index contributed by atoms with van der Waals surface area (Å²) in [6.07, 6.45) is 0. The number of aryl methyl sites for hydroxylation is 1. The molecule has 0 bridgehead atoms. The lowest BCUT2D eigenvalue weighted by atomic mass is 10.1. The third-order valence-electron chi connectivity index (χ3n) is 3.08. The molecule has 0 spiro atoms. The molecule has 2 aromatic rings. The number of hydrogen-bond acceptors (Lipinski definition) is 2. The van der Waals surface area contributed by atoms with Gasteiger partial charge in [0.05, 0.1) is 29.8 Å². The third kappa shape index (κ3) is 4.04. The van der Waals surface area contributed by atoms with E-state index < -0.39 is 0 Å². The molecule has 0 atom stereocenters. The van der Waals surface area contributed by atoms with Gasteiger partial charge in [-0.2, -0.15) is 5.10 Å². The molecule has 1 aliphatic rings. The number of nitrogens with zero attached hydrogens (tertiary/aromatic N) is 2. The van der Waals surface area contributed by atoms with Gasteiger partial charge in [0.1, 0.15) is 5.82 Å². The van der Waals surface area contributed by atoms with E-state index in [1.807, 2.05) is 45.4 Å². The molecule has 5 heteroatoms. The summed E-state index contributed by atoms with van der Waals surface area (Å²) in [5.74, 6) is 0.280. The Morgan fingerprint density at radius 2 is 1.90 bits per heavy atom. The van der Waals surface area contributed by atoms with E-state index in [0.717, 1.165) is 35.4 Å². The summed E-state index contributed by atoms with van der Waals surface area (Å²) in [4.78, 5) is 0. The van der Waals surface area contributed by atoms with Gasteiger partial charge in [0, 0.05) is 16.9 Å². The van der Waals surface area contributed by atoms with E-state index in [2.05, 4.69) is 21.0 Å². The highest BCUT2D eigenvalue weighted by Crippen LogP contribution is 2.27. The minimum Gasteiger partial charge on any atom is -0.381 e. The van der Waals surface area contributed by atoms with Crippen LogP contribution < -0.4 is 0 Å². The van der Waals surface area contributed by atoms with E-state index in [1.54, 1.807) is 0 Å². The zero-order valence-electron chi connectivity index (χ0n) is 13.4. The molecular formula is C16H24BrFN2O. The Balaban J connectivity index is 0.000000510. The lowest BCUT2D eigenvalue weighted by Gasteiger charge is -2.25. The summed E-state index contributed by atoms with van der Waals surface area (Å²) >= 11 is 3.32. The van der Waals surface area contributed by atoms with Crippen LogP contribution >= 0.6 is 15.9 Å². The van der Waals surface area contributed by atoms with E-state index in [4.69, 9.17) is 4.74 Å². The van der Waals surface area contributed by atoms with E-state index in [9.17, 15) is 4.39 Å². The lowest BCUT2D eigenvalue weighted by molar-refractivity contribution is -0.0403. The predicted molar refractivity (Wildman–Crippen MR) is 89.1 cm³/mol. The highest BCUT2D eigenvalue weighted by Gasteiger charge is 2.21. The van der Waals surface area contributed by atoms with Crippen molar-refractivity contribution in [2.45, 2.75) is 41.2 Å². The van der Waals surface area contributed by atoms with Gasteiger partial charge >= 0.3 is 0 Å². The minimum atomic E-state index is -0.219. The van der Waals surface area contributed by atoms with Gasteiger partial charge in [0.15, 0.2) is 0 Å². The first-order valence-electron chi connectivity index (χ1n) is 7.55. The Kier molecular flexibility index (Phi) is 7.32. The molecule has 3 rings (SSSR count). The molecule has 0 unspecified atom stereocenters.